The molecule has 30 heavy (non-hydrogen) atoms. The van der Waals surface area contributed by atoms with Crippen LogP contribution in [0.1, 0.15) is 11.4 Å². The molecule has 0 atom stereocenters. The molecule has 0 aliphatic rings. The molecule has 0 aromatic carbocycles. The number of halogens is 6. The Morgan fingerprint density at radius 1 is 0.767 bits per heavy atom. The quantitative estimate of drug-likeness (QED) is 0.339. The number of aromatic nitrogens is 4. The number of thiophene rings is 2. The van der Waals surface area contributed by atoms with Gasteiger partial charge in [0.1, 0.15) is 11.4 Å². The van der Waals surface area contributed by atoms with Crippen LogP contribution in [0.3, 0.4) is 0 Å². The fourth-order valence-electron chi connectivity index (χ4n) is 2.64. The summed E-state index contributed by atoms with van der Waals surface area (Å²) in [7, 11) is 0. The number of carbonyl (C=O) groups excluding carboxylic acids is 1. The lowest BCUT2D eigenvalue weighted by Gasteiger charge is -2.11. The number of carbonyl (C=O) groups is 1. The molecule has 0 aliphatic heterocycles. The van der Waals surface area contributed by atoms with E-state index in [1.807, 2.05) is 0 Å². The highest BCUT2D eigenvalue weighted by atomic mass is 32.1. The molecule has 0 bridgehead atoms. The molecular weight excluding hydrogens is 454 g/mol. The molecule has 13 heteroatoms. The van der Waals surface area contributed by atoms with E-state index < -0.39 is 29.8 Å². The third-order valence-electron chi connectivity index (χ3n) is 3.91. The Morgan fingerprint density at radius 3 is 1.47 bits per heavy atom. The van der Waals surface area contributed by atoms with Crippen molar-refractivity contribution < 1.29 is 31.1 Å². The number of nitrogens with zero attached hydrogens (tertiary/aromatic N) is 4. The van der Waals surface area contributed by atoms with Crippen LogP contribution in [0, 0.1) is 0 Å². The maximum atomic E-state index is 13.5. The predicted molar refractivity (Wildman–Crippen MR) is 97.3 cm³/mol. The highest BCUT2D eigenvalue weighted by Crippen LogP contribution is 2.36. The predicted octanol–water partition coefficient (Wildman–Crippen LogP) is 6.09. The summed E-state index contributed by atoms with van der Waals surface area (Å²) >= 11 is 2.14. The first-order valence-electron chi connectivity index (χ1n) is 8.02. The zero-order chi connectivity index (χ0) is 21.7. The van der Waals surface area contributed by atoms with Crippen molar-refractivity contribution in [1.82, 2.24) is 19.6 Å². The zero-order valence-electron chi connectivity index (χ0n) is 14.4. The van der Waals surface area contributed by atoms with E-state index in [4.69, 9.17) is 0 Å². The van der Waals surface area contributed by atoms with Crippen molar-refractivity contribution in [3.8, 4) is 21.1 Å². The highest BCUT2D eigenvalue weighted by Gasteiger charge is 2.42. The second-order valence-corrected chi connectivity index (χ2v) is 7.78. The van der Waals surface area contributed by atoms with E-state index >= 15 is 0 Å². The van der Waals surface area contributed by atoms with E-state index in [1.165, 1.54) is 12.1 Å². The summed E-state index contributed by atoms with van der Waals surface area (Å²) in [5.41, 5.74) is -3.39. The monoisotopic (exact) mass is 462 g/mol. The van der Waals surface area contributed by atoms with Crippen molar-refractivity contribution in [2.45, 2.75) is 12.4 Å². The molecule has 0 spiro atoms. The Balaban J connectivity index is 1.87. The highest BCUT2D eigenvalue weighted by molar-refractivity contribution is 7.13. The Morgan fingerprint density at radius 2 is 1.17 bits per heavy atom. The molecular formula is C17H8F6N4OS2. The van der Waals surface area contributed by atoms with Crippen molar-refractivity contribution in [2.24, 2.45) is 0 Å². The Hall–Kier alpha value is -2.93. The lowest BCUT2D eigenvalue weighted by Crippen LogP contribution is -2.30. The zero-order valence-corrected chi connectivity index (χ0v) is 16.0. The Kier molecular flexibility index (Phi) is 4.81. The summed E-state index contributed by atoms with van der Waals surface area (Å²) in [6.07, 6.45) is -10.1. The van der Waals surface area contributed by atoms with Gasteiger partial charge in [-0.2, -0.15) is 45.9 Å². The second-order valence-electron chi connectivity index (χ2n) is 5.89. The Bertz CT molecular complexity index is 1090. The van der Waals surface area contributed by atoms with E-state index in [0.29, 0.717) is 21.9 Å². The fraction of sp³-hybridized carbons (Fsp3) is 0.118. The lowest BCUT2D eigenvalue weighted by molar-refractivity contribution is -0.143. The molecule has 156 valence electrons. The minimum atomic E-state index is -5.03. The average Bonchev–Trinajstić information content (AvgIpc) is 3.46. The third kappa shape index (κ3) is 3.65. The van der Waals surface area contributed by atoms with Crippen LogP contribution in [-0.4, -0.2) is 25.6 Å². The second kappa shape index (κ2) is 7.09. The van der Waals surface area contributed by atoms with Crippen LogP contribution in [0.25, 0.3) is 21.1 Å². The van der Waals surface area contributed by atoms with Crippen LogP contribution < -0.4 is 0 Å². The van der Waals surface area contributed by atoms with Crippen LogP contribution >= 0.6 is 22.7 Å². The molecule has 4 rings (SSSR count). The summed E-state index contributed by atoms with van der Waals surface area (Å²) < 4.78 is 80.7. The van der Waals surface area contributed by atoms with Crippen LogP contribution in [0.15, 0.2) is 47.2 Å². The van der Waals surface area contributed by atoms with Gasteiger partial charge in [-0.25, -0.2) is 4.79 Å². The number of alkyl halides is 6. The summed E-state index contributed by atoms with van der Waals surface area (Å²) in [5, 5.41) is 10.4. The first kappa shape index (κ1) is 20.3. The van der Waals surface area contributed by atoms with E-state index in [1.54, 1.807) is 22.9 Å². The SMILES string of the molecule is O=C(n1nc(-c2cccs2)cc1C(F)(F)F)n1nc(-c2cccs2)cc1C(F)(F)F. The molecule has 0 fully saturated rings. The minimum absolute atomic E-state index is 0.102. The molecule has 0 unspecified atom stereocenters. The van der Waals surface area contributed by atoms with E-state index in [2.05, 4.69) is 10.2 Å². The number of hydrogen-bond acceptors (Lipinski definition) is 5. The third-order valence-corrected chi connectivity index (χ3v) is 5.69. The summed E-state index contributed by atoms with van der Waals surface area (Å²) in [4.78, 5) is 13.4. The molecule has 0 radical (unpaired) electrons. The molecule has 4 aromatic heterocycles. The first-order chi connectivity index (χ1) is 14.1. The van der Waals surface area contributed by atoms with Gasteiger partial charge in [-0.05, 0) is 35.0 Å². The van der Waals surface area contributed by atoms with Gasteiger partial charge in [-0.3, -0.25) is 0 Å². The van der Waals surface area contributed by atoms with Gasteiger partial charge in [0, 0.05) is 0 Å². The van der Waals surface area contributed by atoms with E-state index in [0.717, 1.165) is 22.7 Å². The fourth-order valence-corrected chi connectivity index (χ4v) is 4.00. The molecule has 0 saturated carbocycles. The van der Waals surface area contributed by atoms with Gasteiger partial charge in [0.05, 0.1) is 9.75 Å². The number of rotatable bonds is 2. The van der Waals surface area contributed by atoms with Crippen molar-refractivity contribution in [3.63, 3.8) is 0 Å². The lowest BCUT2D eigenvalue weighted by atomic mass is 10.3. The standard InChI is InChI=1S/C17H8F6N4OS2/c18-16(19,20)13-7-9(11-3-1-5-29-11)24-26(13)15(28)27-14(17(21,22)23)8-10(25-27)12-4-2-6-30-12/h1-8H. The Labute approximate surface area is 171 Å². The minimum Gasteiger partial charge on any atom is -0.244 e. The van der Waals surface area contributed by atoms with Crippen molar-refractivity contribution in [2.75, 3.05) is 0 Å². The van der Waals surface area contributed by atoms with Gasteiger partial charge in [-0.1, -0.05) is 12.1 Å². The van der Waals surface area contributed by atoms with Crippen LogP contribution in [-0.2, 0) is 12.4 Å². The molecule has 4 aromatic rings. The van der Waals surface area contributed by atoms with Gasteiger partial charge in [0.15, 0.2) is 11.4 Å². The van der Waals surface area contributed by atoms with Crippen LogP contribution in [0.2, 0.25) is 0 Å². The molecule has 0 amide bonds. The van der Waals surface area contributed by atoms with E-state index in [9.17, 15) is 31.1 Å². The van der Waals surface area contributed by atoms with Crippen molar-refractivity contribution in [3.05, 3.63) is 58.5 Å². The summed E-state index contributed by atoms with van der Waals surface area (Å²) in [6.45, 7) is 0. The van der Waals surface area contributed by atoms with Gasteiger partial charge in [0.25, 0.3) is 0 Å². The van der Waals surface area contributed by atoms with Crippen LogP contribution in [0.5, 0.6) is 0 Å². The summed E-state index contributed by atoms with van der Waals surface area (Å²) in [6, 6.07) is 5.62. The largest absolute Gasteiger partial charge is 0.433 e. The molecule has 0 saturated heterocycles. The van der Waals surface area contributed by atoms with Crippen molar-refractivity contribution >= 4 is 28.7 Å². The maximum absolute atomic E-state index is 13.5. The molecule has 5 nitrogen and oxygen atoms in total. The van der Waals surface area contributed by atoms with Crippen molar-refractivity contribution in [1.29, 1.82) is 0 Å². The normalized spacial score (nSPS) is 12.5. The maximum Gasteiger partial charge on any atom is 0.433 e. The van der Waals surface area contributed by atoms with Gasteiger partial charge in [0.2, 0.25) is 0 Å². The van der Waals surface area contributed by atoms with Crippen LogP contribution in [0.4, 0.5) is 31.1 Å². The van der Waals surface area contributed by atoms with Gasteiger partial charge < -0.3 is 0 Å². The first-order valence-corrected chi connectivity index (χ1v) is 9.78. The van der Waals surface area contributed by atoms with E-state index in [-0.39, 0.29) is 20.8 Å². The molecule has 4 heterocycles. The topological polar surface area (TPSA) is 52.7 Å². The number of hydrogen-bond donors (Lipinski definition) is 0. The molecule has 0 aliphatic carbocycles. The smallest absolute Gasteiger partial charge is 0.244 e. The van der Waals surface area contributed by atoms with Gasteiger partial charge in [-0.15, -0.1) is 22.7 Å². The summed E-state index contributed by atoms with van der Waals surface area (Å²) in [5.74, 6) is 0. The van der Waals surface area contributed by atoms with Gasteiger partial charge >= 0.3 is 18.4 Å². The average molecular weight is 462 g/mol. The molecule has 0 N–H and O–H groups in total.